The fraction of sp³-hybridized carbons (Fsp3) is 0.538. The van der Waals surface area contributed by atoms with E-state index >= 15 is 0 Å². The van der Waals surface area contributed by atoms with Crippen molar-refractivity contribution < 1.29 is 19.0 Å². The summed E-state index contributed by atoms with van der Waals surface area (Å²) in [4.78, 5) is 17.3. The van der Waals surface area contributed by atoms with Crippen molar-refractivity contribution in [1.29, 1.82) is 0 Å². The third-order valence-electron chi connectivity index (χ3n) is 2.69. The minimum absolute atomic E-state index is 0.314. The third kappa shape index (κ3) is 3.13. The fourth-order valence-electron chi connectivity index (χ4n) is 1.88. The van der Waals surface area contributed by atoms with Gasteiger partial charge in [-0.3, -0.25) is 0 Å². The highest BCUT2D eigenvalue weighted by molar-refractivity contribution is 7.16. The Morgan fingerprint density at radius 3 is 3.05 bits per heavy atom. The van der Waals surface area contributed by atoms with Crippen molar-refractivity contribution >= 4 is 28.7 Å². The number of ether oxygens (including phenoxy) is 3. The zero-order valence-electron chi connectivity index (χ0n) is 11.1. The van der Waals surface area contributed by atoms with Crippen molar-refractivity contribution in [2.75, 3.05) is 19.8 Å². The van der Waals surface area contributed by atoms with Crippen LogP contribution in [0.4, 0.5) is 5.00 Å². The van der Waals surface area contributed by atoms with E-state index in [9.17, 15) is 4.79 Å². The van der Waals surface area contributed by atoms with Gasteiger partial charge in [-0.25, -0.2) is 9.79 Å². The van der Waals surface area contributed by atoms with Crippen LogP contribution in [-0.2, 0) is 27.2 Å². The van der Waals surface area contributed by atoms with Crippen molar-refractivity contribution in [2.24, 2.45) is 4.99 Å². The van der Waals surface area contributed by atoms with Gasteiger partial charge < -0.3 is 14.2 Å². The van der Waals surface area contributed by atoms with Crippen LogP contribution in [0.5, 0.6) is 0 Å². The van der Waals surface area contributed by atoms with E-state index in [0.717, 1.165) is 16.9 Å². The Bertz CT molecular complexity index is 481. The molecule has 5 nitrogen and oxygen atoms in total. The van der Waals surface area contributed by atoms with Gasteiger partial charge in [-0.1, -0.05) is 0 Å². The van der Waals surface area contributed by atoms with Gasteiger partial charge in [0.1, 0.15) is 10.6 Å². The van der Waals surface area contributed by atoms with Crippen LogP contribution in [0.15, 0.2) is 4.99 Å². The van der Waals surface area contributed by atoms with Gasteiger partial charge in [0.15, 0.2) is 6.40 Å². The molecule has 1 aliphatic rings. The summed E-state index contributed by atoms with van der Waals surface area (Å²) in [6.45, 7) is 5.75. The zero-order valence-corrected chi connectivity index (χ0v) is 11.9. The number of esters is 1. The summed E-state index contributed by atoms with van der Waals surface area (Å²) >= 11 is 1.46. The van der Waals surface area contributed by atoms with Gasteiger partial charge in [0, 0.05) is 4.88 Å². The number of rotatable bonds is 5. The molecule has 1 aromatic rings. The molecule has 0 fully saturated rings. The molecule has 0 radical (unpaired) electrons. The molecule has 1 aliphatic heterocycles. The van der Waals surface area contributed by atoms with Gasteiger partial charge in [-0.2, -0.15) is 0 Å². The average molecular weight is 283 g/mol. The van der Waals surface area contributed by atoms with Crippen LogP contribution in [0.25, 0.3) is 0 Å². The maximum atomic E-state index is 12.1. The molecule has 0 N–H and O–H groups in total. The Hall–Kier alpha value is -1.40. The quantitative estimate of drug-likeness (QED) is 0.473. The molecule has 104 valence electrons. The van der Waals surface area contributed by atoms with Crippen molar-refractivity contribution in [3.63, 3.8) is 0 Å². The van der Waals surface area contributed by atoms with Crippen LogP contribution < -0.4 is 0 Å². The van der Waals surface area contributed by atoms with E-state index in [4.69, 9.17) is 14.2 Å². The van der Waals surface area contributed by atoms with E-state index in [1.807, 2.05) is 6.92 Å². The Balaban J connectivity index is 2.35. The monoisotopic (exact) mass is 283 g/mol. The molecule has 0 bridgehead atoms. The summed E-state index contributed by atoms with van der Waals surface area (Å²) in [6, 6.07) is 0. The lowest BCUT2D eigenvalue weighted by Crippen LogP contribution is -2.12. The Labute approximate surface area is 116 Å². The molecule has 1 aromatic heterocycles. The molecule has 0 atom stereocenters. The number of hydrogen-bond acceptors (Lipinski definition) is 6. The van der Waals surface area contributed by atoms with E-state index in [-0.39, 0.29) is 5.97 Å². The molecule has 0 spiro atoms. The molecule has 0 saturated carbocycles. The van der Waals surface area contributed by atoms with Crippen molar-refractivity contribution in [3.8, 4) is 0 Å². The zero-order chi connectivity index (χ0) is 13.7. The third-order valence-corrected chi connectivity index (χ3v) is 3.81. The summed E-state index contributed by atoms with van der Waals surface area (Å²) in [5, 5.41) is 0.641. The number of carbonyl (C=O) groups is 1. The molecule has 2 heterocycles. The molecule has 19 heavy (non-hydrogen) atoms. The predicted octanol–water partition coefficient (Wildman–Crippen LogP) is 2.69. The van der Waals surface area contributed by atoms with Gasteiger partial charge in [-0.05, 0) is 25.8 Å². The maximum Gasteiger partial charge on any atom is 0.341 e. The highest BCUT2D eigenvalue weighted by Gasteiger charge is 2.26. The Morgan fingerprint density at radius 2 is 2.32 bits per heavy atom. The van der Waals surface area contributed by atoms with Crippen LogP contribution in [0.2, 0.25) is 0 Å². The van der Waals surface area contributed by atoms with Gasteiger partial charge in [0.05, 0.1) is 26.4 Å². The maximum absolute atomic E-state index is 12.1. The fourth-order valence-corrected chi connectivity index (χ4v) is 2.99. The predicted molar refractivity (Wildman–Crippen MR) is 73.4 cm³/mol. The van der Waals surface area contributed by atoms with Crippen LogP contribution in [0, 0.1) is 0 Å². The number of nitrogens with zero attached hydrogens (tertiary/aromatic N) is 1. The molecule has 0 amide bonds. The van der Waals surface area contributed by atoms with Crippen LogP contribution in [0.3, 0.4) is 0 Å². The van der Waals surface area contributed by atoms with E-state index in [0.29, 0.717) is 37.0 Å². The van der Waals surface area contributed by atoms with Gasteiger partial charge in [0.25, 0.3) is 0 Å². The number of carbonyl (C=O) groups excluding carboxylic acids is 1. The number of fused-ring (bicyclic) bond motifs is 1. The minimum Gasteiger partial charge on any atom is -0.483 e. The molecule has 2 rings (SSSR count). The first kappa shape index (κ1) is 14.0. The van der Waals surface area contributed by atoms with Gasteiger partial charge in [-0.15, -0.1) is 11.3 Å². The molecule has 0 unspecified atom stereocenters. The van der Waals surface area contributed by atoms with Gasteiger partial charge in [0.2, 0.25) is 0 Å². The highest BCUT2D eigenvalue weighted by atomic mass is 32.1. The lowest BCUT2D eigenvalue weighted by molar-refractivity contribution is 0.0523. The number of aliphatic imine (C=N–C) groups is 1. The van der Waals surface area contributed by atoms with Crippen molar-refractivity contribution in [2.45, 2.75) is 26.9 Å². The highest BCUT2D eigenvalue weighted by Crippen LogP contribution is 2.38. The molecule has 0 aromatic carbocycles. The smallest absolute Gasteiger partial charge is 0.341 e. The summed E-state index contributed by atoms with van der Waals surface area (Å²) in [6.07, 6.45) is 2.10. The summed E-state index contributed by atoms with van der Waals surface area (Å²) in [5.41, 5.74) is 1.58. The normalized spacial score (nSPS) is 14.4. The molecular formula is C13H17NO4S. The van der Waals surface area contributed by atoms with Crippen LogP contribution in [-0.4, -0.2) is 32.2 Å². The average Bonchev–Trinajstić information content (AvgIpc) is 2.77. The number of thiophene rings is 1. The Kier molecular flexibility index (Phi) is 4.93. The largest absolute Gasteiger partial charge is 0.483 e. The van der Waals surface area contributed by atoms with Gasteiger partial charge >= 0.3 is 5.97 Å². The van der Waals surface area contributed by atoms with Crippen LogP contribution in [0.1, 0.15) is 34.6 Å². The minimum atomic E-state index is -0.314. The van der Waals surface area contributed by atoms with E-state index in [1.165, 1.54) is 17.7 Å². The second-order valence-corrected chi connectivity index (χ2v) is 4.98. The Morgan fingerprint density at radius 1 is 1.47 bits per heavy atom. The standard InChI is InChI=1S/C13H17NO4S/c1-3-16-8-14-12-11(13(15)18-4-2)9-5-6-17-7-10(9)19-12/h8H,3-7H2,1-2H3/b14-8+. The topological polar surface area (TPSA) is 57.1 Å². The summed E-state index contributed by atoms with van der Waals surface area (Å²) in [5.74, 6) is -0.314. The van der Waals surface area contributed by atoms with Crippen molar-refractivity contribution in [1.82, 2.24) is 0 Å². The second kappa shape index (κ2) is 6.68. The SMILES string of the molecule is CCO/C=N/c1sc2c(c1C(=O)OCC)CCOC2. The molecule has 0 aliphatic carbocycles. The lowest BCUT2D eigenvalue weighted by atomic mass is 10.1. The van der Waals surface area contributed by atoms with E-state index in [1.54, 1.807) is 6.92 Å². The number of hydrogen-bond donors (Lipinski definition) is 0. The van der Waals surface area contributed by atoms with Crippen LogP contribution >= 0.6 is 11.3 Å². The first-order chi connectivity index (χ1) is 9.27. The summed E-state index contributed by atoms with van der Waals surface area (Å²) in [7, 11) is 0. The summed E-state index contributed by atoms with van der Waals surface area (Å²) < 4.78 is 15.6. The second-order valence-electron chi connectivity index (χ2n) is 3.90. The van der Waals surface area contributed by atoms with Crippen molar-refractivity contribution in [3.05, 3.63) is 16.0 Å². The van der Waals surface area contributed by atoms with E-state index in [2.05, 4.69) is 4.99 Å². The molecular weight excluding hydrogens is 266 g/mol. The first-order valence-electron chi connectivity index (χ1n) is 6.31. The molecule has 0 saturated heterocycles. The molecule has 6 heteroatoms. The lowest BCUT2D eigenvalue weighted by Gasteiger charge is -2.12. The van der Waals surface area contributed by atoms with E-state index < -0.39 is 0 Å². The first-order valence-corrected chi connectivity index (χ1v) is 7.13.